The molecule has 2 atom stereocenters. The van der Waals surface area contributed by atoms with Crippen LogP contribution in [0.1, 0.15) is 19.4 Å². The Kier molecular flexibility index (Phi) is 5.19. The number of aromatic nitrogens is 3. The third-order valence-electron chi connectivity index (χ3n) is 5.09. The van der Waals surface area contributed by atoms with Crippen molar-refractivity contribution in [3.63, 3.8) is 0 Å². The van der Waals surface area contributed by atoms with Crippen LogP contribution in [0.15, 0.2) is 53.7 Å². The van der Waals surface area contributed by atoms with E-state index in [0.717, 1.165) is 23.4 Å². The number of nitrogens with zero attached hydrogens (tertiary/aromatic N) is 4. The number of fused-ring (bicyclic) bond motifs is 1. The van der Waals surface area contributed by atoms with Gasteiger partial charge < -0.3 is 15.5 Å². The number of anilines is 1. The van der Waals surface area contributed by atoms with Crippen LogP contribution in [0, 0.1) is 0 Å². The van der Waals surface area contributed by atoms with Crippen LogP contribution in [-0.4, -0.2) is 39.2 Å². The quantitative estimate of drug-likeness (QED) is 0.515. The number of rotatable bonds is 5. The highest BCUT2D eigenvalue weighted by Gasteiger charge is 2.34. The molecule has 4 rings (SSSR count). The molecule has 0 fully saturated rings. The molecule has 1 aromatic heterocycles. The number of para-hydroxylation sites is 1. The van der Waals surface area contributed by atoms with E-state index in [1.165, 1.54) is 22.0 Å². The predicted octanol–water partition coefficient (Wildman–Crippen LogP) is 3.13. The summed E-state index contributed by atoms with van der Waals surface area (Å²) in [6.07, 6.45) is 0.869. The molecule has 0 bridgehead atoms. The van der Waals surface area contributed by atoms with Crippen molar-refractivity contribution in [2.75, 3.05) is 17.9 Å². The summed E-state index contributed by atoms with van der Waals surface area (Å²) in [5.41, 5.74) is 3.02. The molecule has 0 radical (unpaired) electrons. The predicted molar refractivity (Wildman–Crippen MR) is 115 cm³/mol. The standard InChI is InChI=1S/C21H23N5O2S/c1-13-12-16-6-4-5-7-18(16)25(13)20(27)14(2)29-21-24-23-19(26(21)22)15-8-10-17(28-3)11-9-15/h4-11,13-14H,12,22H2,1-3H3/t13-,14-/m0/s1. The van der Waals surface area contributed by atoms with Gasteiger partial charge >= 0.3 is 0 Å². The second-order valence-electron chi connectivity index (χ2n) is 7.05. The minimum Gasteiger partial charge on any atom is -0.497 e. The molecule has 0 saturated carbocycles. The smallest absolute Gasteiger partial charge is 0.240 e. The van der Waals surface area contributed by atoms with Gasteiger partial charge in [-0.15, -0.1) is 10.2 Å². The maximum absolute atomic E-state index is 13.2. The monoisotopic (exact) mass is 409 g/mol. The van der Waals surface area contributed by atoms with Crippen LogP contribution >= 0.6 is 11.8 Å². The summed E-state index contributed by atoms with van der Waals surface area (Å²) in [5, 5.41) is 8.55. The van der Waals surface area contributed by atoms with E-state index in [-0.39, 0.29) is 17.2 Å². The second kappa shape index (κ2) is 7.79. The molecular formula is C21H23N5O2S. The Morgan fingerprint density at radius 1 is 1.21 bits per heavy atom. The Morgan fingerprint density at radius 3 is 2.66 bits per heavy atom. The lowest BCUT2D eigenvalue weighted by molar-refractivity contribution is -0.118. The summed E-state index contributed by atoms with van der Waals surface area (Å²) in [6.45, 7) is 3.95. The van der Waals surface area contributed by atoms with Gasteiger partial charge in [-0.1, -0.05) is 30.0 Å². The SMILES string of the molecule is COc1ccc(-c2nnc(S[C@@H](C)C(=O)N3c4ccccc4C[C@@H]3C)n2N)cc1. The lowest BCUT2D eigenvalue weighted by atomic mass is 10.1. The van der Waals surface area contributed by atoms with Crippen LogP contribution in [-0.2, 0) is 11.2 Å². The van der Waals surface area contributed by atoms with Gasteiger partial charge in [0.25, 0.3) is 0 Å². The molecule has 0 spiro atoms. The lowest BCUT2D eigenvalue weighted by Crippen LogP contribution is -2.40. The van der Waals surface area contributed by atoms with Gasteiger partial charge in [0.2, 0.25) is 11.1 Å². The molecular weight excluding hydrogens is 386 g/mol. The summed E-state index contributed by atoms with van der Waals surface area (Å²) >= 11 is 1.31. The van der Waals surface area contributed by atoms with Gasteiger partial charge in [0, 0.05) is 17.3 Å². The van der Waals surface area contributed by atoms with Crippen LogP contribution in [0.3, 0.4) is 0 Å². The van der Waals surface area contributed by atoms with Gasteiger partial charge in [0.1, 0.15) is 5.75 Å². The number of ether oxygens (including phenoxy) is 1. The molecule has 0 saturated heterocycles. The normalized spacial score (nSPS) is 16.5. The zero-order chi connectivity index (χ0) is 20.5. The van der Waals surface area contributed by atoms with Crippen LogP contribution in [0.4, 0.5) is 5.69 Å². The number of carbonyl (C=O) groups excluding carboxylic acids is 1. The molecule has 150 valence electrons. The van der Waals surface area contributed by atoms with Gasteiger partial charge in [-0.25, -0.2) is 4.68 Å². The van der Waals surface area contributed by atoms with Crippen molar-refractivity contribution >= 4 is 23.4 Å². The molecule has 0 unspecified atom stereocenters. The van der Waals surface area contributed by atoms with Gasteiger partial charge in [-0.05, 0) is 56.2 Å². The average Bonchev–Trinajstić information content (AvgIpc) is 3.26. The van der Waals surface area contributed by atoms with E-state index in [1.54, 1.807) is 7.11 Å². The van der Waals surface area contributed by atoms with Crippen LogP contribution < -0.4 is 15.5 Å². The Hall–Kier alpha value is -3.00. The number of nitrogens with two attached hydrogens (primary N) is 1. The molecule has 7 nitrogen and oxygen atoms in total. The highest BCUT2D eigenvalue weighted by Crippen LogP contribution is 2.34. The fourth-order valence-electron chi connectivity index (χ4n) is 3.60. The molecule has 2 heterocycles. The molecule has 1 aliphatic heterocycles. The fraction of sp³-hybridized carbons (Fsp3) is 0.286. The molecule has 2 aromatic carbocycles. The summed E-state index contributed by atoms with van der Waals surface area (Å²) in [7, 11) is 1.62. The molecule has 2 N–H and O–H groups in total. The van der Waals surface area contributed by atoms with E-state index in [4.69, 9.17) is 10.6 Å². The maximum Gasteiger partial charge on any atom is 0.240 e. The molecule has 1 amide bonds. The Balaban J connectivity index is 1.52. The van der Waals surface area contributed by atoms with E-state index in [1.807, 2.05) is 54.3 Å². The topological polar surface area (TPSA) is 86.3 Å². The van der Waals surface area contributed by atoms with E-state index in [0.29, 0.717) is 11.0 Å². The second-order valence-corrected chi connectivity index (χ2v) is 8.36. The van der Waals surface area contributed by atoms with Crippen molar-refractivity contribution in [1.29, 1.82) is 0 Å². The summed E-state index contributed by atoms with van der Waals surface area (Å²) in [6, 6.07) is 15.6. The fourth-order valence-corrected chi connectivity index (χ4v) is 4.42. The van der Waals surface area contributed by atoms with Gasteiger partial charge in [-0.3, -0.25) is 4.79 Å². The summed E-state index contributed by atoms with van der Waals surface area (Å²) in [5.74, 6) is 7.56. The van der Waals surface area contributed by atoms with Crippen molar-refractivity contribution in [3.8, 4) is 17.1 Å². The first-order chi connectivity index (χ1) is 14.0. The van der Waals surface area contributed by atoms with Crippen LogP contribution in [0.5, 0.6) is 5.75 Å². The van der Waals surface area contributed by atoms with Crippen molar-refractivity contribution < 1.29 is 9.53 Å². The van der Waals surface area contributed by atoms with E-state index in [2.05, 4.69) is 23.2 Å². The highest BCUT2D eigenvalue weighted by atomic mass is 32.2. The zero-order valence-corrected chi connectivity index (χ0v) is 17.4. The number of methoxy groups -OCH3 is 1. The zero-order valence-electron chi connectivity index (χ0n) is 16.6. The van der Waals surface area contributed by atoms with Gasteiger partial charge in [-0.2, -0.15) is 0 Å². The first kappa shape index (κ1) is 19.3. The first-order valence-corrected chi connectivity index (χ1v) is 10.3. The molecule has 0 aliphatic carbocycles. The third kappa shape index (κ3) is 3.55. The Morgan fingerprint density at radius 2 is 1.93 bits per heavy atom. The Labute approximate surface area is 173 Å². The number of hydrogen-bond donors (Lipinski definition) is 1. The highest BCUT2D eigenvalue weighted by molar-refractivity contribution is 8.00. The van der Waals surface area contributed by atoms with Crippen molar-refractivity contribution in [3.05, 3.63) is 54.1 Å². The number of carbonyl (C=O) groups is 1. The van der Waals surface area contributed by atoms with E-state index in [9.17, 15) is 4.79 Å². The molecule has 8 heteroatoms. The van der Waals surface area contributed by atoms with Gasteiger partial charge in [0.15, 0.2) is 5.82 Å². The van der Waals surface area contributed by atoms with Crippen molar-refractivity contribution in [2.24, 2.45) is 0 Å². The lowest BCUT2D eigenvalue weighted by Gasteiger charge is -2.25. The van der Waals surface area contributed by atoms with Crippen LogP contribution in [0.2, 0.25) is 0 Å². The molecule has 29 heavy (non-hydrogen) atoms. The third-order valence-corrected chi connectivity index (χ3v) is 6.13. The van der Waals surface area contributed by atoms with E-state index >= 15 is 0 Å². The largest absolute Gasteiger partial charge is 0.497 e. The number of nitrogen functional groups attached to an aromatic ring is 1. The molecule has 1 aliphatic rings. The first-order valence-electron chi connectivity index (χ1n) is 9.42. The molecule has 3 aromatic rings. The van der Waals surface area contributed by atoms with E-state index < -0.39 is 0 Å². The van der Waals surface area contributed by atoms with Crippen molar-refractivity contribution in [1.82, 2.24) is 14.9 Å². The van der Waals surface area contributed by atoms with Crippen LogP contribution in [0.25, 0.3) is 11.4 Å². The van der Waals surface area contributed by atoms with Gasteiger partial charge in [0.05, 0.1) is 12.4 Å². The number of benzene rings is 2. The van der Waals surface area contributed by atoms with Crippen molar-refractivity contribution in [2.45, 2.75) is 36.7 Å². The Bertz CT molecular complexity index is 1030. The number of amides is 1. The minimum absolute atomic E-state index is 0.0430. The maximum atomic E-state index is 13.2. The number of hydrogen-bond acceptors (Lipinski definition) is 6. The minimum atomic E-state index is -0.348. The average molecular weight is 410 g/mol. The summed E-state index contributed by atoms with van der Waals surface area (Å²) in [4.78, 5) is 15.1. The number of thioether (sulfide) groups is 1. The summed E-state index contributed by atoms with van der Waals surface area (Å²) < 4.78 is 6.61.